The number of hydrogen-bond acceptors (Lipinski definition) is 2. The van der Waals surface area contributed by atoms with Gasteiger partial charge in [-0.25, -0.2) is 0 Å². The van der Waals surface area contributed by atoms with E-state index in [1.165, 1.54) is 12.8 Å². The molecule has 0 spiro atoms. The third-order valence-electron chi connectivity index (χ3n) is 4.81. The summed E-state index contributed by atoms with van der Waals surface area (Å²) in [4.78, 5) is 11.4. The lowest BCUT2D eigenvalue weighted by Gasteiger charge is -2.37. The van der Waals surface area contributed by atoms with Crippen molar-refractivity contribution in [3.8, 4) is 0 Å². The number of nitrogens with one attached hydrogen (secondary N) is 2. The van der Waals surface area contributed by atoms with Gasteiger partial charge in [0.1, 0.15) is 0 Å². The second-order valence-corrected chi connectivity index (χ2v) is 8.06. The van der Waals surface area contributed by atoms with Gasteiger partial charge in [-0.3, -0.25) is 4.79 Å². The van der Waals surface area contributed by atoms with Crippen LogP contribution in [0.15, 0.2) is 24.3 Å². The minimum atomic E-state index is 0.0630. The highest BCUT2D eigenvalue weighted by Gasteiger charge is 2.29. The lowest BCUT2D eigenvalue weighted by atomic mass is 9.71. The fourth-order valence-corrected chi connectivity index (χ4v) is 3.56. The molecule has 0 heterocycles. The van der Waals surface area contributed by atoms with Crippen molar-refractivity contribution < 1.29 is 4.79 Å². The van der Waals surface area contributed by atoms with Gasteiger partial charge in [0.15, 0.2) is 10.9 Å². The van der Waals surface area contributed by atoms with Gasteiger partial charge < -0.3 is 10.6 Å². The Balaban J connectivity index is 1.84. The molecule has 0 bridgehead atoms. The van der Waals surface area contributed by atoms with Gasteiger partial charge in [-0.05, 0) is 68.3 Å². The first kappa shape index (κ1) is 17.9. The number of ketones is 1. The molecule has 0 unspecified atom stereocenters. The van der Waals surface area contributed by atoms with Gasteiger partial charge >= 0.3 is 0 Å². The number of hydrogen-bond donors (Lipinski definition) is 2. The fraction of sp³-hybridized carbons (Fsp3) is 0.579. The van der Waals surface area contributed by atoms with Crippen molar-refractivity contribution in [2.45, 2.75) is 59.4 Å². The zero-order chi connectivity index (χ0) is 17.0. The molecular formula is C19H28N2OS. The van der Waals surface area contributed by atoms with Gasteiger partial charge in [0, 0.05) is 17.3 Å². The van der Waals surface area contributed by atoms with Crippen molar-refractivity contribution >= 4 is 28.8 Å². The third-order valence-corrected chi connectivity index (χ3v) is 5.03. The lowest BCUT2D eigenvalue weighted by Crippen LogP contribution is -2.41. The number of anilines is 1. The van der Waals surface area contributed by atoms with Crippen LogP contribution in [0.4, 0.5) is 5.69 Å². The van der Waals surface area contributed by atoms with E-state index < -0.39 is 0 Å². The van der Waals surface area contributed by atoms with Gasteiger partial charge in [0.2, 0.25) is 0 Å². The van der Waals surface area contributed by atoms with Crippen LogP contribution in [0.25, 0.3) is 0 Å². The minimum absolute atomic E-state index is 0.0630. The molecule has 1 aromatic rings. The second-order valence-electron chi connectivity index (χ2n) is 7.65. The molecule has 23 heavy (non-hydrogen) atoms. The summed E-state index contributed by atoms with van der Waals surface area (Å²) in [5.41, 5.74) is 1.96. The van der Waals surface area contributed by atoms with Crippen molar-refractivity contribution in [1.29, 1.82) is 0 Å². The van der Waals surface area contributed by atoms with E-state index in [9.17, 15) is 4.79 Å². The molecule has 4 heteroatoms. The number of carbonyl (C=O) groups is 1. The molecule has 2 N–H and O–H groups in total. The zero-order valence-corrected chi connectivity index (χ0v) is 15.4. The first-order valence-electron chi connectivity index (χ1n) is 8.44. The van der Waals surface area contributed by atoms with Gasteiger partial charge in [-0.2, -0.15) is 0 Å². The summed E-state index contributed by atoms with van der Waals surface area (Å²) in [6, 6.07) is 7.90. The Morgan fingerprint density at radius 1 is 1.17 bits per heavy atom. The highest BCUT2D eigenvalue weighted by molar-refractivity contribution is 7.80. The summed E-state index contributed by atoms with van der Waals surface area (Å²) in [5, 5.41) is 7.26. The minimum Gasteiger partial charge on any atom is -0.360 e. The molecule has 2 rings (SSSR count). The average Bonchev–Trinajstić information content (AvgIpc) is 2.47. The number of benzene rings is 1. The smallest absolute Gasteiger partial charge is 0.170 e. The Morgan fingerprint density at radius 3 is 2.39 bits per heavy atom. The Bertz CT molecular complexity index is 569. The predicted octanol–water partition coefficient (Wildman–Crippen LogP) is 4.78. The van der Waals surface area contributed by atoms with Crippen molar-refractivity contribution in [1.82, 2.24) is 5.32 Å². The Hall–Kier alpha value is -1.42. The summed E-state index contributed by atoms with van der Waals surface area (Å²) in [7, 11) is 0. The second kappa shape index (κ2) is 7.43. The molecule has 1 aromatic carbocycles. The topological polar surface area (TPSA) is 41.1 Å². The molecule has 0 aliphatic heterocycles. The van der Waals surface area contributed by atoms with Gasteiger partial charge in [0.25, 0.3) is 0 Å². The lowest BCUT2D eigenvalue weighted by molar-refractivity contribution is 0.101. The highest BCUT2D eigenvalue weighted by atomic mass is 32.1. The van der Waals surface area contributed by atoms with Gasteiger partial charge in [0.05, 0.1) is 0 Å². The monoisotopic (exact) mass is 332 g/mol. The summed E-state index contributed by atoms with van der Waals surface area (Å²) in [5.74, 6) is 0.863. The summed E-state index contributed by atoms with van der Waals surface area (Å²) >= 11 is 5.42. The van der Waals surface area contributed by atoms with E-state index in [0.717, 1.165) is 24.4 Å². The van der Waals surface area contributed by atoms with E-state index >= 15 is 0 Å². The number of carbonyl (C=O) groups excluding carboxylic acids is 1. The van der Waals surface area contributed by atoms with Crippen LogP contribution < -0.4 is 10.6 Å². The molecule has 1 aliphatic rings. The number of thiocarbonyl (C=S) groups is 1. The van der Waals surface area contributed by atoms with Crippen LogP contribution in [-0.4, -0.2) is 16.9 Å². The van der Waals surface area contributed by atoms with Crippen molar-refractivity contribution in [3.05, 3.63) is 29.8 Å². The Labute approximate surface area is 145 Å². The van der Waals surface area contributed by atoms with Crippen LogP contribution in [0.5, 0.6) is 0 Å². The van der Waals surface area contributed by atoms with Crippen LogP contribution in [0, 0.1) is 11.3 Å². The molecule has 0 radical (unpaired) electrons. The first-order valence-corrected chi connectivity index (χ1v) is 8.85. The van der Waals surface area contributed by atoms with E-state index in [1.807, 2.05) is 24.3 Å². The molecule has 1 fully saturated rings. The molecule has 1 aliphatic carbocycles. The van der Waals surface area contributed by atoms with Crippen molar-refractivity contribution in [3.63, 3.8) is 0 Å². The maximum Gasteiger partial charge on any atom is 0.170 e. The molecule has 1 saturated carbocycles. The predicted molar refractivity (Wildman–Crippen MR) is 101 cm³/mol. The largest absolute Gasteiger partial charge is 0.360 e. The highest BCUT2D eigenvalue weighted by Crippen LogP contribution is 2.37. The summed E-state index contributed by atoms with van der Waals surface area (Å²) in [6.07, 6.45) is 4.84. The summed E-state index contributed by atoms with van der Waals surface area (Å²) in [6.45, 7) is 8.57. The molecule has 0 aromatic heterocycles. The van der Waals surface area contributed by atoms with E-state index in [4.69, 9.17) is 12.2 Å². The van der Waals surface area contributed by atoms with Crippen LogP contribution in [0.1, 0.15) is 63.7 Å². The van der Waals surface area contributed by atoms with Gasteiger partial charge in [-0.1, -0.05) is 32.9 Å². The Morgan fingerprint density at radius 2 is 1.83 bits per heavy atom. The van der Waals surface area contributed by atoms with Crippen LogP contribution in [0.2, 0.25) is 0 Å². The standard InChI is InChI=1S/C19H28N2OS/c1-13(22)14-6-5-7-17(12-14)21-18(23)20-16-10-8-15(9-11-16)19(2,3)4/h5-7,12,15-16H,8-11H2,1-4H3,(H2,20,21,23). The molecule has 0 atom stereocenters. The first-order chi connectivity index (χ1) is 10.8. The summed E-state index contributed by atoms with van der Waals surface area (Å²) < 4.78 is 0. The van der Waals surface area contributed by atoms with E-state index in [-0.39, 0.29) is 5.78 Å². The van der Waals surface area contributed by atoms with E-state index in [1.54, 1.807) is 6.92 Å². The van der Waals surface area contributed by atoms with Crippen LogP contribution in [0.3, 0.4) is 0 Å². The van der Waals surface area contributed by atoms with Crippen LogP contribution >= 0.6 is 12.2 Å². The maximum atomic E-state index is 11.4. The fourth-order valence-electron chi connectivity index (χ4n) is 3.27. The van der Waals surface area contributed by atoms with Crippen molar-refractivity contribution in [2.75, 3.05) is 5.32 Å². The number of rotatable bonds is 3. The third kappa shape index (κ3) is 5.31. The molecule has 0 saturated heterocycles. The van der Waals surface area contributed by atoms with Crippen LogP contribution in [-0.2, 0) is 0 Å². The molecular weight excluding hydrogens is 304 g/mol. The maximum absolute atomic E-state index is 11.4. The molecule has 126 valence electrons. The number of Topliss-reactive ketones (excluding diaryl/α,β-unsaturated/α-hetero) is 1. The van der Waals surface area contributed by atoms with Gasteiger partial charge in [-0.15, -0.1) is 0 Å². The molecule has 3 nitrogen and oxygen atoms in total. The SMILES string of the molecule is CC(=O)c1cccc(NC(=S)NC2CCC(C(C)(C)C)CC2)c1. The average molecular weight is 333 g/mol. The van der Waals surface area contributed by atoms with E-state index in [2.05, 4.69) is 31.4 Å². The quantitative estimate of drug-likeness (QED) is 0.617. The molecule has 0 amide bonds. The normalized spacial score (nSPS) is 21.6. The Kier molecular flexibility index (Phi) is 5.79. The van der Waals surface area contributed by atoms with E-state index in [0.29, 0.717) is 22.1 Å². The van der Waals surface area contributed by atoms with Crippen molar-refractivity contribution in [2.24, 2.45) is 11.3 Å². The zero-order valence-electron chi connectivity index (χ0n) is 14.6.